The summed E-state index contributed by atoms with van der Waals surface area (Å²) in [7, 11) is 0. The van der Waals surface area contributed by atoms with Gasteiger partial charge in [-0.05, 0) is 98.3 Å². The summed E-state index contributed by atoms with van der Waals surface area (Å²) in [5, 5.41) is 30.0. The minimum atomic E-state index is -1.19. The minimum Gasteiger partial charge on any atom is -0.508 e. The summed E-state index contributed by atoms with van der Waals surface area (Å²) in [6.07, 6.45) is 0.837. The summed E-state index contributed by atoms with van der Waals surface area (Å²) < 4.78 is 0. The second-order valence-corrected chi connectivity index (χ2v) is 15.2. The van der Waals surface area contributed by atoms with Gasteiger partial charge in [0.2, 0.25) is 28.7 Å². The van der Waals surface area contributed by atoms with Crippen LogP contribution in [0.2, 0.25) is 0 Å². The monoisotopic (exact) mass is 790 g/mol. The average molecular weight is 791 g/mol. The highest BCUT2D eigenvalue weighted by atomic mass is 32.2. The molecule has 12 N–H and O–H groups in total. The van der Waals surface area contributed by atoms with E-state index in [2.05, 4.69) is 26.3 Å². The number of phenolic OH excluding ortho intramolecular Hbond substituents is 2. The molecule has 0 heterocycles. The summed E-state index contributed by atoms with van der Waals surface area (Å²) in [6, 6.07) is 14.4. The Morgan fingerprint density at radius 2 is 1.18 bits per heavy atom. The first-order chi connectivity index (χ1) is 26.5. The summed E-state index contributed by atoms with van der Waals surface area (Å²) in [4.78, 5) is 72.5. The molecule has 56 heavy (non-hydrogen) atoms. The zero-order chi connectivity index (χ0) is 41.4. The third kappa shape index (κ3) is 15.6. The molecule has 15 nitrogen and oxygen atoms in total. The summed E-state index contributed by atoms with van der Waals surface area (Å²) in [5.74, 6) is -2.54. The van der Waals surface area contributed by atoms with Crippen LogP contribution >= 0.6 is 11.8 Å². The lowest BCUT2D eigenvalue weighted by molar-refractivity contribution is -0.134. The van der Waals surface area contributed by atoms with Gasteiger partial charge in [0.1, 0.15) is 35.7 Å². The van der Waals surface area contributed by atoms with E-state index in [0.717, 1.165) is 17.3 Å². The number of thioether (sulfide) groups is 1. The smallest absolute Gasteiger partial charge is 0.243 e. The Morgan fingerprint density at radius 3 is 1.71 bits per heavy atom. The molecule has 0 saturated carbocycles. The molecular formula is C40H54N8O7S. The van der Waals surface area contributed by atoms with Gasteiger partial charge in [0.15, 0.2) is 5.96 Å². The Balaban J connectivity index is 1.80. The number of aromatic hydroxyl groups is 2. The summed E-state index contributed by atoms with van der Waals surface area (Å²) >= 11 is 0.971. The normalized spacial score (nSPS) is 13.7. The lowest BCUT2D eigenvalue weighted by Gasteiger charge is -2.26. The predicted octanol–water partition coefficient (Wildman–Crippen LogP) is 1.90. The molecule has 0 saturated heterocycles. The first-order valence-electron chi connectivity index (χ1n) is 18.4. The molecule has 5 atom stereocenters. The molecule has 0 fully saturated rings. The van der Waals surface area contributed by atoms with Gasteiger partial charge >= 0.3 is 0 Å². The van der Waals surface area contributed by atoms with E-state index in [1.165, 1.54) is 31.2 Å². The lowest BCUT2D eigenvalue weighted by atomic mass is 10.0. The first-order valence-corrected chi connectivity index (χ1v) is 19.2. The molecule has 0 aromatic heterocycles. The van der Waals surface area contributed by atoms with Crippen LogP contribution in [0.25, 0.3) is 0 Å². The summed E-state index contributed by atoms with van der Waals surface area (Å²) in [5.41, 5.74) is 19.4. The van der Waals surface area contributed by atoms with Crippen LogP contribution in [-0.4, -0.2) is 81.7 Å². The molecule has 0 unspecified atom stereocenters. The zero-order valence-electron chi connectivity index (χ0n) is 32.2. The molecule has 16 heteroatoms. The van der Waals surface area contributed by atoms with Crippen molar-refractivity contribution in [1.29, 1.82) is 0 Å². The number of guanidine groups is 1. The zero-order valence-corrected chi connectivity index (χ0v) is 33.0. The van der Waals surface area contributed by atoms with Gasteiger partial charge < -0.3 is 48.7 Å². The van der Waals surface area contributed by atoms with Crippen LogP contribution in [0.3, 0.4) is 0 Å². The molecule has 0 radical (unpaired) electrons. The number of carbonyl (C=O) groups is 5. The van der Waals surface area contributed by atoms with Crippen molar-refractivity contribution in [3.63, 3.8) is 0 Å². The number of aliphatic imine (C=N–C) groups is 1. The molecular weight excluding hydrogens is 737 g/mol. The molecule has 4 amide bonds. The van der Waals surface area contributed by atoms with E-state index in [1.807, 2.05) is 45.0 Å². The van der Waals surface area contributed by atoms with E-state index in [0.29, 0.717) is 22.4 Å². The number of hydrogen-bond donors (Lipinski definition) is 9. The Hall–Kier alpha value is -5.61. The van der Waals surface area contributed by atoms with Gasteiger partial charge in [-0.25, -0.2) is 0 Å². The van der Waals surface area contributed by atoms with E-state index in [4.69, 9.17) is 17.2 Å². The van der Waals surface area contributed by atoms with Crippen LogP contribution in [-0.2, 0) is 36.8 Å². The van der Waals surface area contributed by atoms with Crippen molar-refractivity contribution >= 4 is 46.5 Å². The van der Waals surface area contributed by atoms with E-state index in [-0.39, 0.29) is 60.7 Å². The fourth-order valence-electron chi connectivity index (χ4n) is 5.55. The number of nitrogens with two attached hydrogens (primary N) is 3. The average Bonchev–Trinajstić information content (AvgIpc) is 3.14. The number of phenols is 2. The highest BCUT2D eigenvalue weighted by Crippen LogP contribution is 2.23. The maximum absolute atomic E-state index is 13.9. The van der Waals surface area contributed by atoms with E-state index < -0.39 is 53.8 Å². The van der Waals surface area contributed by atoms with E-state index >= 15 is 0 Å². The van der Waals surface area contributed by atoms with Crippen molar-refractivity contribution in [2.75, 3.05) is 6.54 Å². The number of aryl methyl sites for hydroxylation is 1. The second kappa shape index (κ2) is 22.1. The van der Waals surface area contributed by atoms with Gasteiger partial charge in [-0.15, -0.1) is 0 Å². The number of nitrogens with one attached hydrogen (secondary N) is 4. The van der Waals surface area contributed by atoms with Crippen molar-refractivity contribution in [1.82, 2.24) is 21.3 Å². The van der Waals surface area contributed by atoms with Gasteiger partial charge in [-0.3, -0.25) is 29.0 Å². The molecule has 0 aliphatic heterocycles. The van der Waals surface area contributed by atoms with Gasteiger partial charge in [-0.2, -0.15) is 0 Å². The van der Waals surface area contributed by atoms with Crippen molar-refractivity contribution < 1.29 is 34.2 Å². The van der Waals surface area contributed by atoms with Crippen molar-refractivity contribution in [3.05, 3.63) is 89.5 Å². The standard InChI is InChI=1S/C40H54N8O7S/c1-23(2)20-31(41)36(52)47-33(21-26-9-13-28(49)14-10-26)38(54)46-32(6-5-19-44-40(42)43)37(53)45-25(4)35(51)48-34(22-27-11-15-29(50)16-12-27)39(55)56-30-17-7-24(3)8-18-30/h7-18,23,25,31-34,49-50H,5-6,19-22,41H2,1-4H3,(H,45,53)(H,46,54)(H,47,52)(H,48,51)(H4,42,43,44)/t25-,31-,32-,33-,34-/m0/s1. The van der Waals surface area contributed by atoms with Gasteiger partial charge in [0.05, 0.1) is 6.04 Å². The molecule has 0 bridgehead atoms. The number of hydrogen-bond acceptors (Lipinski definition) is 10. The minimum absolute atomic E-state index is 0.0183. The molecule has 0 spiro atoms. The third-order valence-corrected chi connectivity index (χ3v) is 9.61. The van der Waals surface area contributed by atoms with Crippen molar-refractivity contribution in [2.24, 2.45) is 28.1 Å². The van der Waals surface area contributed by atoms with Crippen LogP contribution in [0.15, 0.2) is 82.7 Å². The van der Waals surface area contributed by atoms with Crippen molar-refractivity contribution in [3.8, 4) is 11.5 Å². The van der Waals surface area contributed by atoms with Gasteiger partial charge in [-0.1, -0.05) is 55.8 Å². The van der Waals surface area contributed by atoms with Crippen LogP contribution < -0.4 is 38.5 Å². The Morgan fingerprint density at radius 1 is 0.679 bits per heavy atom. The van der Waals surface area contributed by atoms with Crippen LogP contribution in [0.5, 0.6) is 11.5 Å². The molecule has 302 valence electrons. The molecule has 3 aromatic carbocycles. The maximum atomic E-state index is 13.9. The highest BCUT2D eigenvalue weighted by Gasteiger charge is 2.31. The molecule has 0 aliphatic rings. The second-order valence-electron chi connectivity index (χ2n) is 14.1. The maximum Gasteiger partial charge on any atom is 0.243 e. The van der Waals surface area contributed by atoms with Crippen LogP contribution in [0.4, 0.5) is 0 Å². The van der Waals surface area contributed by atoms with Crippen LogP contribution in [0, 0.1) is 12.8 Å². The van der Waals surface area contributed by atoms with E-state index in [1.54, 1.807) is 24.3 Å². The third-order valence-electron chi connectivity index (χ3n) is 8.62. The molecule has 0 aliphatic carbocycles. The van der Waals surface area contributed by atoms with Crippen LogP contribution in [0.1, 0.15) is 56.7 Å². The molecule has 3 aromatic rings. The first kappa shape index (κ1) is 44.8. The summed E-state index contributed by atoms with van der Waals surface area (Å²) in [6.45, 7) is 7.36. The number of benzene rings is 3. The largest absolute Gasteiger partial charge is 0.508 e. The van der Waals surface area contributed by atoms with Gasteiger partial charge in [0, 0.05) is 24.3 Å². The van der Waals surface area contributed by atoms with Crippen molar-refractivity contribution in [2.45, 2.75) is 94.9 Å². The fourth-order valence-corrected chi connectivity index (χ4v) is 6.34. The topological polar surface area (TPSA) is 264 Å². The quantitative estimate of drug-likeness (QED) is 0.0345. The van der Waals surface area contributed by atoms with E-state index in [9.17, 15) is 34.2 Å². The number of nitrogens with zero attached hydrogens (tertiary/aromatic N) is 1. The Bertz CT molecular complexity index is 1800. The Kier molecular flexibility index (Phi) is 17.6. The highest BCUT2D eigenvalue weighted by molar-refractivity contribution is 8.13. The fraction of sp³-hybridized carbons (Fsp3) is 0.400. The number of amides is 4. The lowest BCUT2D eigenvalue weighted by Crippen LogP contribution is -2.58. The predicted molar refractivity (Wildman–Crippen MR) is 216 cm³/mol. The Labute approximate surface area is 331 Å². The number of carbonyl (C=O) groups excluding carboxylic acids is 5. The van der Waals surface area contributed by atoms with Gasteiger partial charge in [0.25, 0.3) is 0 Å². The number of rotatable bonds is 20. The SMILES string of the molecule is Cc1ccc(SC(=O)[C@H](Cc2ccc(O)cc2)NC(=O)[C@H](C)NC(=O)[C@H](CCCN=C(N)N)NC(=O)[C@H](Cc2ccc(O)cc2)NC(=O)[C@@H](N)CC(C)C)cc1. The molecule has 3 rings (SSSR count).